The van der Waals surface area contributed by atoms with E-state index in [9.17, 15) is 0 Å². The van der Waals surface area contributed by atoms with Gasteiger partial charge in [0.05, 0.1) is 0 Å². The number of rotatable bonds is 12. The van der Waals surface area contributed by atoms with Crippen LogP contribution in [0.4, 0.5) is 0 Å². The summed E-state index contributed by atoms with van der Waals surface area (Å²) in [5.41, 5.74) is 0. The van der Waals surface area contributed by atoms with Crippen molar-refractivity contribution in [3.05, 3.63) is 109 Å². The Bertz CT molecular complexity index is 1790. The Hall–Kier alpha value is -3.22. The van der Waals surface area contributed by atoms with Crippen molar-refractivity contribution in [3.8, 4) is 17.2 Å². The van der Waals surface area contributed by atoms with E-state index in [-0.39, 0.29) is 0 Å². The van der Waals surface area contributed by atoms with Gasteiger partial charge >= 0.3 is 292 Å². The third-order valence-corrected chi connectivity index (χ3v) is 26.7. The van der Waals surface area contributed by atoms with Crippen LogP contribution in [-0.2, 0) is 0 Å². The van der Waals surface area contributed by atoms with Crippen LogP contribution in [0.5, 0.6) is 17.2 Å². The van der Waals surface area contributed by atoms with Crippen molar-refractivity contribution in [2.45, 2.75) is 41.5 Å². The van der Waals surface area contributed by atoms with Crippen molar-refractivity contribution in [1.29, 1.82) is 0 Å². The summed E-state index contributed by atoms with van der Waals surface area (Å²) in [7, 11) is 0. The van der Waals surface area contributed by atoms with Crippen LogP contribution in [-0.4, -0.2) is 36.0 Å². The molecule has 0 saturated heterocycles. The average Bonchev–Trinajstić information content (AvgIpc) is 3.07. The first-order valence-corrected chi connectivity index (χ1v) is 27.5. The van der Waals surface area contributed by atoms with Gasteiger partial charge in [0.25, 0.3) is 0 Å². The Morgan fingerprint density at radius 2 is 0.702 bits per heavy atom. The van der Waals surface area contributed by atoms with E-state index in [0.717, 1.165) is 17.2 Å². The molecule has 5 heteroatoms. The fourth-order valence-electron chi connectivity index (χ4n) is 6.33. The molecule has 242 valence electrons. The molecule has 6 aromatic carbocycles. The van der Waals surface area contributed by atoms with Crippen LogP contribution in [0.25, 0.3) is 32.3 Å². The average molecular weight is 796 g/mol. The first kappa shape index (κ1) is 33.7. The molecule has 0 aromatic heterocycles. The molecule has 0 radical (unpaired) electrons. The van der Waals surface area contributed by atoms with Crippen molar-refractivity contribution in [2.24, 2.45) is 17.8 Å². The monoisotopic (exact) mass is 796 g/mol. The summed E-state index contributed by atoms with van der Waals surface area (Å²) in [6, 6.07) is 39.4. The van der Waals surface area contributed by atoms with Gasteiger partial charge in [-0.25, -0.2) is 0 Å². The van der Waals surface area contributed by atoms with E-state index in [1.54, 1.807) is 0 Å². The fourth-order valence-corrected chi connectivity index (χ4v) is 26.1. The number of benzene rings is 6. The summed E-state index contributed by atoms with van der Waals surface area (Å²) in [4.78, 5) is 0. The second-order valence-corrected chi connectivity index (χ2v) is 29.8. The molecule has 47 heavy (non-hydrogen) atoms. The Balaban J connectivity index is 1.84. The Labute approximate surface area is 289 Å². The second-order valence-electron chi connectivity index (χ2n) is 13.8. The molecule has 3 nitrogen and oxygen atoms in total. The van der Waals surface area contributed by atoms with Gasteiger partial charge in [-0.05, 0) is 0 Å². The van der Waals surface area contributed by atoms with Gasteiger partial charge in [-0.2, -0.15) is 0 Å². The van der Waals surface area contributed by atoms with Crippen molar-refractivity contribution in [1.82, 2.24) is 0 Å². The molecule has 0 unspecified atom stereocenters. The van der Waals surface area contributed by atoms with Crippen molar-refractivity contribution >= 4 is 71.9 Å². The molecular weight excluding hydrogens is 751 g/mol. The molecule has 0 spiro atoms. The minimum absolute atomic E-state index is 0.374. The molecule has 0 atom stereocenters. The predicted molar refractivity (Wildman–Crippen MR) is 206 cm³/mol. The van der Waals surface area contributed by atoms with Gasteiger partial charge in [0.15, 0.2) is 0 Å². The zero-order chi connectivity index (χ0) is 33.1. The maximum atomic E-state index is 6.84. The molecule has 6 aromatic rings. The SMILES string of the molecule is CC(C)COc1ccc2ccccc2[c]1[Sn]([Br])([c]1c(OCC(C)C)ccc2ccccc12)[c]1c(OCC(C)C)ccc2ccccc12. The van der Waals surface area contributed by atoms with Crippen LogP contribution >= 0.6 is 12.7 Å². The van der Waals surface area contributed by atoms with Gasteiger partial charge in [-0.3, -0.25) is 0 Å². The van der Waals surface area contributed by atoms with Crippen LogP contribution in [0.3, 0.4) is 0 Å². The zero-order valence-electron chi connectivity index (χ0n) is 28.3. The molecule has 0 amide bonds. The van der Waals surface area contributed by atoms with E-state index < -0.39 is 16.2 Å². The van der Waals surface area contributed by atoms with Crippen LogP contribution in [0, 0.1) is 17.8 Å². The van der Waals surface area contributed by atoms with Crippen LogP contribution in [0.2, 0.25) is 0 Å². The number of fused-ring (bicyclic) bond motifs is 3. The van der Waals surface area contributed by atoms with E-state index in [2.05, 4.69) is 151 Å². The van der Waals surface area contributed by atoms with Crippen LogP contribution in [0.15, 0.2) is 109 Å². The van der Waals surface area contributed by atoms with E-state index in [4.69, 9.17) is 26.9 Å². The van der Waals surface area contributed by atoms with Gasteiger partial charge in [0.2, 0.25) is 0 Å². The minimum atomic E-state index is -4.47. The first-order chi connectivity index (χ1) is 22.7. The molecule has 0 bridgehead atoms. The molecule has 0 heterocycles. The van der Waals surface area contributed by atoms with E-state index >= 15 is 0 Å². The van der Waals surface area contributed by atoms with E-state index in [1.165, 1.54) is 43.1 Å². The predicted octanol–water partition coefficient (Wildman–Crippen LogP) is 9.61. The number of ether oxygens (including phenoxy) is 3. The number of hydrogen-bond acceptors (Lipinski definition) is 3. The van der Waals surface area contributed by atoms with Gasteiger partial charge in [0.1, 0.15) is 0 Å². The third-order valence-electron chi connectivity index (χ3n) is 8.42. The topological polar surface area (TPSA) is 27.7 Å². The normalized spacial score (nSPS) is 12.1. The van der Waals surface area contributed by atoms with E-state index in [0.29, 0.717) is 37.6 Å². The molecular formula is C42H45BrO3Sn. The Kier molecular flexibility index (Phi) is 10.4. The first-order valence-electron chi connectivity index (χ1n) is 16.8. The summed E-state index contributed by atoms with van der Waals surface area (Å²) < 4.78 is 24.2. The van der Waals surface area contributed by atoms with Crippen molar-refractivity contribution in [2.75, 3.05) is 19.8 Å². The van der Waals surface area contributed by atoms with Gasteiger partial charge < -0.3 is 0 Å². The molecule has 0 aliphatic heterocycles. The molecule has 0 N–H and O–H groups in total. The molecule has 0 saturated carbocycles. The van der Waals surface area contributed by atoms with Gasteiger partial charge in [-0.1, -0.05) is 0 Å². The maximum absolute atomic E-state index is 6.84. The van der Waals surface area contributed by atoms with Crippen molar-refractivity contribution in [3.63, 3.8) is 0 Å². The second kappa shape index (κ2) is 14.5. The summed E-state index contributed by atoms with van der Waals surface area (Å²) in [5.74, 6) is 3.90. The summed E-state index contributed by atoms with van der Waals surface area (Å²) in [5, 5.41) is 7.17. The third kappa shape index (κ3) is 6.87. The number of hydrogen-bond donors (Lipinski definition) is 0. The number of halogens is 1. The molecule has 0 fully saturated rings. The Morgan fingerprint density at radius 1 is 0.426 bits per heavy atom. The molecule has 0 aliphatic carbocycles. The van der Waals surface area contributed by atoms with E-state index in [1.807, 2.05) is 0 Å². The quantitative estimate of drug-likeness (QED) is 0.116. The Morgan fingerprint density at radius 3 is 0.979 bits per heavy atom. The standard InChI is InChI=1S/3C14H15O.BrH.Sn/c3*1-11(2)10-15-14-8-7-12-5-3-4-6-13(12)9-14;;/h3*3-8,11H,10H2,1-2H3;1H;/q;;;;+1/p-1. The van der Waals surface area contributed by atoms with Crippen LogP contribution in [0.1, 0.15) is 41.5 Å². The summed E-state index contributed by atoms with van der Waals surface area (Å²) in [6.07, 6.45) is 0. The zero-order valence-corrected chi connectivity index (χ0v) is 32.8. The molecule has 6 rings (SSSR count). The summed E-state index contributed by atoms with van der Waals surface area (Å²) in [6.45, 7) is 15.1. The summed E-state index contributed by atoms with van der Waals surface area (Å²) >= 11 is 0.343. The van der Waals surface area contributed by atoms with Crippen LogP contribution < -0.4 is 24.9 Å². The fraction of sp³-hybridized carbons (Fsp3) is 0.286. The van der Waals surface area contributed by atoms with Gasteiger partial charge in [-0.15, -0.1) is 0 Å². The molecule has 0 aliphatic rings. The van der Waals surface area contributed by atoms with Crippen molar-refractivity contribution < 1.29 is 14.2 Å². The van der Waals surface area contributed by atoms with Gasteiger partial charge in [0, 0.05) is 0 Å².